The normalized spacial score (nSPS) is 17.0. The van der Waals surface area contributed by atoms with Crippen LogP contribution < -0.4 is 4.90 Å². The van der Waals surface area contributed by atoms with Gasteiger partial charge in [-0.2, -0.15) is 0 Å². The fourth-order valence-corrected chi connectivity index (χ4v) is 4.04. The number of nitrogens with zero attached hydrogens (tertiary/aromatic N) is 1. The molecule has 2 aromatic rings. The first kappa shape index (κ1) is 14.8. The number of carbonyl (C=O) groups excluding carboxylic acids is 1. The van der Waals surface area contributed by atoms with Crippen LogP contribution in [-0.2, 0) is 4.79 Å². The van der Waals surface area contributed by atoms with Gasteiger partial charge in [-0.05, 0) is 49.9 Å². The first-order chi connectivity index (χ1) is 11.3. The first-order valence-corrected chi connectivity index (χ1v) is 8.53. The molecule has 0 saturated heterocycles. The molecule has 1 aliphatic carbocycles. The number of carbonyl (C=O) groups is 1. The highest BCUT2D eigenvalue weighted by Gasteiger charge is 2.27. The van der Waals surface area contributed by atoms with Crippen molar-refractivity contribution in [3.63, 3.8) is 0 Å². The van der Waals surface area contributed by atoms with Crippen LogP contribution in [0.2, 0.25) is 0 Å². The van der Waals surface area contributed by atoms with E-state index in [4.69, 9.17) is 0 Å². The van der Waals surface area contributed by atoms with Crippen LogP contribution in [0, 0.1) is 31.6 Å². The molecule has 23 heavy (non-hydrogen) atoms. The second kappa shape index (κ2) is 6.40. The summed E-state index contributed by atoms with van der Waals surface area (Å²) in [6.07, 6.45) is 8.11. The summed E-state index contributed by atoms with van der Waals surface area (Å²) in [6.45, 7) is 0.693. The molecule has 0 spiro atoms. The molecule has 2 aromatic carbocycles. The Labute approximate surface area is 141 Å². The van der Waals surface area contributed by atoms with Crippen molar-refractivity contribution in [2.75, 3.05) is 11.4 Å². The van der Waals surface area contributed by atoms with E-state index in [1.165, 1.54) is 21.2 Å². The Morgan fingerprint density at radius 2 is 1.43 bits per heavy atom. The second-order valence-corrected chi connectivity index (χ2v) is 6.62. The zero-order chi connectivity index (χ0) is 15.6. The molecular weight excluding hydrogens is 302 g/mol. The van der Waals surface area contributed by atoms with Crippen molar-refractivity contribution in [1.82, 2.24) is 0 Å². The number of hydrogen-bond donors (Lipinski definition) is 0. The molecule has 0 amide bonds. The topological polar surface area (TPSA) is 20.3 Å². The Hall–Kier alpha value is -1.74. The average molecular weight is 318 g/mol. The molecule has 2 nitrogen and oxygen atoms in total. The third-order valence-electron chi connectivity index (χ3n) is 4.08. The van der Waals surface area contributed by atoms with Crippen molar-refractivity contribution in [2.24, 2.45) is 0 Å². The number of rotatable bonds is 4. The Balaban J connectivity index is 1.58. The lowest BCUT2D eigenvalue weighted by atomic mass is 10.00. The van der Waals surface area contributed by atoms with Gasteiger partial charge in [0.2, 0.25) is 0 Å². The lowest BCUT2D eigenvalue weighted by Gasteiger charge is -2.32. The standard InChI is InChI=1S/C20H16NOS/c22-18(15-7-1-2-8-15)13-14-21-16-9-3-5-11-19(16)23-20-12-6-4-10-17(20)21/h1-12H,13-14H2. The fraction of sp³-hybridized carbons (Fsp3) is 0.100. The molecule has 2 aliphatic rings. The lowest BCUT2D eigenvalue weighted by molar-refractivity contribution is -0.116. The molecule has 1 saturated carbocycles. The number of Topliss-reactive ketones (excluding diaryl/α,β-unsaturated/α-hetero) is 1. The SMILES string of the molecule is O=C(CCN1c2ccccc2Sc2ccccc21)[C]1[CH][CH][CH][CH]1. The smallest absolute Gasteiger partial charge is 0.142 e. The molecule has 0 N–H and O–H groups in total. The molecule has 1 aliphatic heterocycles. The minimum atomic E-state index is 0.197. The molecular formula is C20H16NOS. The van der Waals surface area contributed by atoms with Gasteiger partial charge in [0.25, 0.3) is 0 Å². The fourth-order valence-electron chi connectivity index (χ4n) is 2.94. The van der Waals surface area contributed by atoms with E-state index >= 15 is 0 Å². The maximum absolute atomic E-state index is 12.3. The largest absolute Gasteiger partial charge is 0.339 e. The third kappa shape index (κ3) is 2.90. The predicted octanol–water partition coefficient (Wildman–Crippen LogP) is 4.65. The van der Waals surface area contributed by atoms with E-state index in [9.17, 15) is 4.79 Å². The van der Waals surface area contributed by atoms with Crippen LogP contribution in [0.4, 0.5) is 11.4 Å². The molecule has 0 unspecified atom stereocenters. The van der Waals surface area contributed by atoms with E-state index in [-0.39, 0.29) is 5.78 Å². The van der Waals surface area contributed by atoms with Gasteiger partial charge in [-0.1, -0.05) is 36.0 Å². The summed E-state index contributed by atoms with van der Waals surface area (Å²) in [7, 11) is 0. The molecule has 4 rings (SSSR count). The summed E-state index contributed by atoms with van der Waals surface area (Å²) in [6, 6.07) is 16.8. The van der Waals surface area contributed by atoms with Gasteiger partial charge in [-0.15, -0.1) is 0 Å². The third-order valence-corrected chi connectivity index (χ3v) is 5.21. The molecule has 1 fully saturated rings. The highest BCUT2D eigenvalue weighted by Crippen LogP contribution is 2.47. The van der Waals surface area contributed by atoms with Crippen LogP contribution in [0.25, 0.3) is 0 Å². The summed E-state index contributed by atoms with van der Waals surface area (Å²) >= 11 is 1.79. The van der Waals surface area contributed by atoms with Gasteiger partial charge in [0.1, 0.15) is 5.78 Å². The van der Waals surface area contributed by atoms with E-state index < -0.39 is 0 Å². The first-order valence-electron chi connectivity index (χ1n) is 7.71. The van der Waals surface area contributed by atoms with Crippen molar-refractivity contribution < 1.29 is 4.79 Å². The maximum Gasteiger partial charge on any atom is 0.142 e. The lowest BCUT2D eigenvalue weighted by Crippen LogP contribution is -2.25. The Morgan fingerprint density at radius 1 is 0.870 bits per heavy atom. The van der Waals surface area contributed by atoms with Gasteiger partial charge >= 0.3 is 0 Å². The zero-order valence-electron chi connectivity index (χ0n) is 12.6. The molecule has 3 heteroatoms. The highest BCUT2D eigenvalue weighted by atomic mass is 32.2. The quantitative estimate of drug-likeness (QED) is 0.818. The van der Waals surface area contributed by atoms with Crippen LogP contribution in [0.15, 0.2) is 58.3 Å². The molecule has 0 atom stereocenters. The van der Waals surface area contributed by atoms with E-state index in [1.54, 1.807) is 11.8 Å². The van der Waals surface area contributed by atoms with Crippen LogP contribution >= 0.6 is 11.8 Å². The average Bonchev–Trinajstić information content (AvgIpc) is 3.13. The molecule has 0 aromatic heterocycles. The van der Waals surface area contributed by atoms with Crippen LogP contribution in [-0.4, -0.2) is 12.3 Å². The predicted molar refractivity (Wildman–Crippen MR) is 94.1 cm³/mol. The molecule has 113 valence electrons. The number of hydrogen-bond acceptors (Lipinski definition) is 3. The van der Waals surface area contributed by atoms with Gasteiger partial charge in [-0.3, -0.25) is 4.79 Å². The number of para-hydroxylation sites is 2. The summed E-state index contributed by atoms with van der Waals surface area (Å²) < 4.78 is 0. The second-order valence-electron chi connectivity index (χ2n) is 5.54. The molecule has 0 bridgehead atoms. The molecule has 1 heterocycles. The summed E-state index contributed by atoms with van der Waals surface area (Å²) in [5.74, 6) is 1.00. The van der Waals surface area contributed by atoms with E-state index in [1.807, 2.05) is 25.7 Å². The Bertz CT molecular complexity index is 676. The van der Waals surface area contributed by atoms with Gasteiger partial charge in [0.05, 0.1) is 11.4 Å². The molecule has 5 radical (unpaired) electrons. The summed E-state index contributed by atoms with van der Waals surface area (Å²) in [5, 5.41) is 0. The van der Waals surface area contributed by atoms with Crippen LogP contribution in [0.3, 0.4) is 0 Å². The Morgan fingerprint density at radius 3 is 2.04 bits per heavy atom. The maximum atomic E-state index is 12.3. The zero-order valence-corrected chi connectivity index (χ0v) is 13.4. The van der Waals surface area contributed by atoms with E-state index in [0.717, 1.165) is 5.92 Å². The van der Waals surface area contributed by atoms with Crippen molar-refractivity contribution in [3.05, 3.63) is 80.1 Å². The van der Waals surface area contributed by atoms with Gasteiger partial charge in [0, 0.05) is 28.7 Å². The van der Waals surface area contributed by atoms with Crippen LogP contribution in [0.5, 0.6) is 0 Å². The van der Waals surface area contributed by atoms with Crippen LogP contribution in [0.1, 0.15) is 6.42 Å². The van der Waals surface area contributed by atoms with Crippen molar-refractivity contribution in [1.29, 1.82) is 0 Å². The highest BCUT2D eigenvalue weighted by molar-refractivity contribution is 7.99. The van der Waals surface area contributed by atoms with E-state index in [2.05, 4.69) is 53.4 Å². The van der Waals surface area contributed by atoms with Crippen molar-refractivity contribution in [2.45, 2.75) is 16.2 Å². The van der Waals surface area contributed by atoms with Gasteiger partial charge < -0.3 is 4.90 Å². The number of ketones is 1. The van der Waals surface area contributed by atoms with Gasteiger partial charge in [0.15, 0.2) is 0 Å². The summed E-state index contributed by atoms with van der Waals surface area (Å²) in [5.41, 5.74) is 2.37. The minimum Gasteiger partial charge on any atom is -0.339 e. The number of anilines is 2. The summed E-state index contributed by atoms with van der Waals surface area (Å²) in [4.78, 5) is 17.1. The van der Waals surface area contributed by atoms with Gasteiger partial charge in [-0.25, -0.2) is 0 Å². The van der Waals surface area contributed by atoms with Crippen molar-refractivity contribution >= 4 is 28.9 Å². The minimum absolute atomic E-state index is 0.197. The number of benzene rings is 2. The monoisotopic (exact) mass is 318 g/mol. The Kier molecular flexibility index (Phi) is 4.13. The number of fused-ring (bicyclic) bond motifs is 2. The van der Waals surface area contributed by atoms with Crippen molar-refractivity contribution in [3.8, 4) is 0 Å². The van der Waals surface area contributed by atoms with E-state index in [0.29, 0.717) is 13.0 Å².